The summed E-state index contributed by atoms with van der Waals surface area (Å²) in [7, 11) is 4.64. The van der Waals surface area contributed by atoms with Crippen LogP contribution in [-0.2, 0) is 28.3 Å². The summed E-state index contributed by atoms with van der Waals surface area (Å²) >= 11 is 0. The standard InChI is InChI=1S/C30H26N2O9/c1-5-30(35)18-9-20-25-15(11-32(20)28(33)17(18)12-39-29(30)34)6-16-19(31-25)10-23-27(41-13-40-23)24(16)14-7-21(36-2)26(38-4)22(8-14)37-3/h6-10,35H,5,11-13H2,1-4H3/t30-/m0/s1. The predicted octanol–water partition coefficient (Wildman–Crippen LogP) is 3.50. The third-order valence-corrected chi connectivity index (χ3v) is 8.10. The normalized spacial score (nSPS) is 18.0. The van der Waals surface area contributed by atoms with E-state index in [-0.39, 0.29) is 43.1 Å². The monoisotopic (exact) mass is 558 g/mol. The van der Waals surface area contributed by atoms with Crippen LogP contribution in [0.5, 0.6) is 28.7 Å². The minimum absolute atomic E-state index is 0.0544. The number of nitrogens with zero attached hydrogens (tertiary/aromatic N) is 2. The van der Waals surface area contributed by atoms with Crippen LogP contribution in [-0.4, -0.2) is 48.7 Å². The fourth-order valence-corrected chi connectivity index (χ4v) is 5.99. The van der Waals surface area contributed by atoms with Crippen LogP contribution in [0.15, 0.2) is 35.1 Å². The maximum atomic E-state index is 13.6. The van der Waals surface area contributed by atoms with Gasteiger partial charge in [-0.3, -0.25) is 4.79 Å². The summed E-state index contributed by atoms with van der Waals surface area (Å²) in [6, 6.07) is 9.15. The average Bonchev–Trinajstić information content (AvgIpc) is 3.60. The quantitative estimate of drug-likeness (QED) is 0.320. The van der Waals surface area contributed by atoms with Crippen molar-refractivity contribution in [2.75, 3.05) is 28.1 Å². The van der Waals surface area contributed by atoms with Gasteiger partial charge < -0.3 is 38.1 Å². The van der Waals surface area contributed by atoms with Crippen LogP contribution < -0.4 is 29.2 Å². The number of fused-ring (bicyclic) bond motifs is 6. The van der Waals surface area contributed by atoms with Gasteiger partial charge in [0.2, 0.25) is 12.5 Å². The molecule has 1 atom stereocenters. The highest BCUT2D eigenvalue weighted by atomic mass is 16.7. The number of carbonyl (C=O) groups excluding carboxylic acids is 1. The number of hydrogen-bond acceptors (Lipinski definition) is 10. The Bertz CT molecular complexity index is 1840. The molecule has 4 aromatic rings. The Labute approximate surface area is 233 Å². The molecule has 0 unspecified atom stereocenters. The van der Waals surface area contributed by atoms with Crippen LogP contribution in [0.3, 0.4) is 0 Å². The SMILES string of the molecule is CC[C@@]1(O)C(=O)OCc2c1cc1n(c2=O)Cc2cc3c(-c4cc(OC)c(OC)c(OC)c4)c4c(cc3nc2-1)OCO4. The molecule has 3 aliphatic rings. The summed E-state index contributed by atoms with van der Waals surface area (Å²) in [6.07, 6.45) is 0.0708. The first kappa shape index (κ1) is 25.2. The molecule has 0 amide bonds. The zero-order chi connectivity index (χ0) is 28.6. The molecule has 0 radical (unpaired) electrons. The van der Waals surface area contributed by atoms with Crippen LogP contribution >= 0.6 is 0 Å². The molecule has 7 rings (SSSR count). The number of rotatable bonds is 5. The van der Waals surface area contributed by atoms with Gasteiger partial charge in [-0.05, 0) is 36.2 Å². The first-order valence-electron chi connectivity index (χ1n) is 13.1. The lowest BCUT2D eigenvalue weighted by Crippen LogP contribution is -2.44. The summed E-state index contributed by atoms with van der Waals surface area (Å²) < 4.78 is 35.2. The zero-order valence-electron chi connectivity index (χ0n) is 22.8. The highest BCUT2D eigenvalue weighted by Gasteiger charge is 2.45. The first-order chi connectivity index (χ1) is 19.8. The van der Waals surface area contributed by atoms with Gasteiger partial charge in [-0.15, -0.1) is 0 Å². The summed E-state index contributed by atoms with van der Waals surface area (Å²) in [6.45, 7) is 1.81. The Kier molecular flexibility index (Phi) is 5.45. The Hall–Kier alpha value is -4.77. The molecule has 11 heteroatoms. The Morgan fingerprint density at radius 1 is 1.00 bits per heavy atom. The number of ether oxygens (including phenoxy) is 6. The number of aliphatic hydroxyl groups is 1. The molecule has 2 aromatic carbocycles. The van der Waals surface area contributed by atoms with E-state index >= 15 is 0 Å². The lowest BCUT2D eigenvalue weighted by atomic mass is 9.86. The second-order valence-corrected chi connectivity index (χ2v) is 10.1. The molecule has 3 aliphatic heterocycles. The van der Waals surface area contributed by atoms with Crippen molar-refractivity contribution < 1.29 is 38.3 Å². The zero-order valence-corrected chi connectivity index (χ0v) is 22.8. The largest absolute Gasteiger partial charge is 0.493 e. The van der Waals surface area contributed by atoms with Crippen LogP contribution in [0.2, 0.25) is 0 Å². The smallest absolute Gasteiger partial charge is 0.343 e. The van der Waals surface area contributed by atoms with Gasteiger partial charge in [-0.2, -0.15) is 0 Å². The molecular formula is C30H26N2O9. The van der Waals surface area contributed by atoms with E-state index in [2.05, 4.69) is 0 Å². The summed E-state index contributed by atoms with van der Waals surface area (Å²) in [5.41, 5.74) is 2.32. The van der Waals surface area contributed by atoms with Crippen molar-refractivity contribution in [3.8, 4) is 51.3 Å². The van der Waals surface area contributed by atoms with Gasteiger partial charge in [0.15, 0.2) is 28.6 Å². The Morgan fingerprint density at radius 2 is 1.76 bits per heavy atom. The molecule has 0 bridgehead atoms. The van der Waals surface area contributed by atoms with Gasteiger partial charge in [0.25, 0.3) is 5.56 Å². The highest BCUT2D eigenvalue weighted by molar-refractivity contribution is 6.02. The number of aromatic nitrogens is 2. The van der Waals surface area contributed by atoms with E-state index in [4.69, 9.17) is 33.4 Å². The fourth-order valence-electron chi connectivity index (χ4n) is 5.99. The summed E-state index contributed by atoms with van der Waals surface area (Å²) in [5.74, 6) is 1.73. The van der Waals surface area contributed by atoms with Gasteiger partial charge in [0, 0.05) is 28.1 Å². The van der Waals surface area contributed by atoms with E-state index in [9.17, 15) is 14.7 Å². The molecule has 0 saturated heterocycles. The number of carbonyl (C=O) groups is 1. The van der Waals surface area contributed by atoms with E-state index in [1.807, 2.05) is 18.2 Å². The van der Waals surface area contributed by atoms with Crippen molar-refractivity contribution in [2.24, 2.45) is 0 Å². The second-order valence-electron chi connectivity index (χ2n) is 10.1. The van der Waals surface area contributed by atoms with E-state index in [0.29, 0.717) is 45.7 Å². The Morgan fingerprint density at radius 3 is 2.44 bits per heavy atom. The topological polar surface area (TPSA) is 128 Å². The maximum absolute atomic E-state index is 13.6. The molecule has 0 fully saturated rings. The molecule has 210 valence electrons. The Balaban J connectivity index is 1.48. The molecule has 11 nitrogen and oxygen atoms in total. The lowest BCUT2D eigenvalue weighted by Gasteiger charge is -2.31. The van der Waals surface area contributed by atoms with E-state index in [1.54, 1.807) is 45.0 Å². The van der Waals surface area contributed by atoms with E-state index in [0.717, 1.165) is 22.1 Å². The molecule has 1 N–H and O–H groups in total. The molecule has 0 aliphatic carbocycles. The molecule has 5 heterocycles. The van der Waals surface area contributed by atoms with Crippen molar-refractivity contribution in [1.82, 2.24) is 9.55 Å². The predicted molar refractivity (Wildman–Crippen MR) is 146 cm³/mol. The second kappa shape index (κ2) is 8.87. The van der Waals surface area contributed by atoms with Crippen molar-refractivity contribution in [3.05, 3.63) is 57.4 Å². The summed E-state index contributed by atoms with van der Waals surface area (Å²) in [5, 5.41) is 11.9. The van der Waals surface area contributed by atoms with Crippen LogP contribution in [0.1, 0.15) is 30.0 Å². The number of pyridine rings is 2. The van der Waals surface area contributed by atoms with Crippen LogP contribution in [0.4, 0.5) is 0 Å². The third kappa shape index (κ3) is 3.38. The van der Waals surface area contributed by atoms with Gasteiger partial charge >= 0.3 is 5.97 Å². The maximum Gasteiger partial charge on any atom is 0.343 e. The van der Waals surface area contributed by atoms with E-state index in [1.165, 1.54) is 0 Å². The lowest BCUT2D eigenvalue weighted by molar-refractivity contribution is -0.172. The minimum Gasteiger partial charge on any atom is -0.493 e. The van der Waals surface area contributed by atoms with Gasteiger partial charge in [-0.1, -0.05) is 6.92 Å². The molecule has 41 heavy (non-hydrogen) atoms. The van der Waals surface area contributed by atoms with Crippen molar-refractivity contribution in [1.29, 1.82) is 0 Å². The van der Waals surface area contributed by atoms with Gasteiger partial charge in [0.05, 0.1) is 50.3 Å². The highest BCUT2D eigenvalue weighted by Crippen LogP contribution is 2.51. The third-order valence-electron chi connectivity index (χ3n) is 8.10. The number of methoxy groups -OCH3 is 3. The average molecular weight is 559 g/mol. The van der Waals surface area contributed by atoms with Crippen molar-refractivity contribution in [3.63, 3.8) is 0 Å². The van der Waals surface area contributed by atoms with Crippen molar-refractivity contribution in [2.45, 2.75) is 32.1 Å². The number of hydrogen-bond donors (Lipinski definition) is 1. The number of benzene rings is 2. The van der Waals surface area contributed by atoms with Crippen LogP contribution in [0.25, 0.3) is 33.4 Å². The van der Waals surface area contributed by atoms with Crippen LogP contribution in [0, 0.1) is 0 Å². The molecule has 0 spiro atoms. The van der Waals surface area contributed by atoms with Crippen molar-refractivity contribution >= 4 is 16.9 Å². The first-order valence-corrected chi connectivity index (χ1v) is 13.1. The molecule has 0 saturated carbocycles. The van der Waals surface area contributed by atoms with Gasteiger partial charge in [0.1, 0.15) is 6.61 Å². The summed E-state index contributed by atoms with van der Waals surface area (Å²) in [4.78, 5) is 31.1. The molecular weight excluding hydrogens is 532 g/mol. The number of esters is 1. The van der Waals surface area contributed by atoms with Gasteiger partial charge in [-0.25, -0.2) is 9.78 Å². The van der Waals surface area contributed by atoms with E-state index < -0.39 is 11.6 Å². The fraction of sp³-hybridized carbons (Fsp3) is 0.300. The molecule has 2 aromatic heterocycles. The number of cyclic esters (lactones) is 1. The minimum atomic E-state index is -1.90.